The van der Waals surface area contributed by atoms with E-state index >= 15 is 0 Å². The van der Waals surface area contributed by atoms with Crippen molar-refractivity contribution in [1.29, 1.82) is 0 Å². The molecule has 0 bridgehead atoms. The van der Waals surface area contributed by atoms with Gasteiger partial charge in [0, 0.05) is 9.79 Å². The molecule has 1 amide bonds. The SMILES string of the molecule is CNS(=O)(=O)c1ccc(NC(=O)c2ccccc2S)c(S)c1. The zero-order valence-corrected chi connectivity index (χ0v) is 14.2. The summed E-state index contributed by atoms with van der Waals surface area (Å²) < 4.78 is 25.6. The van der Waals surface area contributed by atoms with Crippen LogP contribution in [0.15, 0.2) is 57.2 Å². The number of nitrogens with one attached hydrogen (secondary N) is 2. The van der Waals surface area contributed by atoms with E-state index in [1.54, 1.807) is 24.3 Å². The van der Waals surface area contributed by atoms with Crippen molar-refractivity contribution in [2.75, 3.05) is 12.4 Å². The predicted octanol–water partition coefficient (Wildman–Crippen LogP) is 2.42. The maximum atomic E-state index is 12.2. The standard InChI is InChI=1S/C14H14N2O3S3/c1-15-22(18,19)9-6-7-11(13(21)8-9)16-14(17)10-4-2-3-5-12(10)20/h2-8,15,20-21H,1H3,(H,16,17). The summed E-state index contributed by atoms with van der Waals surface area (Å²) in [6, 6.07) is 11.1. The largest absolute Gasteiger partial charge is 0.321 e. The van der Waals surface area contributed by atoms with Gasteiger partial charge in [-0.05, 0) is 37.4 Å². The van der Waals surface area contributed by atoms with E-state index in [1.165, 1.54) is 25.2 Å². The van der Waals surface area contributed by atoms with Crippen LogP contribution in [-0.4, -0.2) is 21.4 Å². The average molecular weight is 354 g/mol. The van der Waals surface area contributed by atoms with Crippen LogP contribution in [0.1, 0.15) is 10.4 Å². The first-order valence-corrected chi connectivity index (χ1v) is 8.59. The van der Waals surface area contributed by atoms with E-state index in [0.717, 1.165) is 0 Å². The fourth-order valence-corrected chi connectivity index (χ4v) is 3.13. The lowest BCUT2D eigenvalue weighted by Gasteiger charge is -2.11. The lowest BCUT2D eigenvalue weighted by Crippen LogP contribution is -2.19. The van der Waals surface area contributed by atoms with Crippen LogP contribution in [0.2, 0.25) is 0 Å². The number of rotatable bonds is 4. The third-order valence-electron chi connectivity index (χ3n) is 2.95. The number of thiol groups is 2. The minimum absolute atomic E-state index is 0.0765. The highest BCUT2D eigenvalue weighted by atomic mass is 32.2. The van der Waals surface area contributed by atoms with E-state index in [2.05, 4.69) is 35.3 Å². The zero-order chi connectivity index (χ0) is 16.3. The molecule has 5 nitrogen and oxygen atoms in total. The summed E-state index contributed by atoms with van der Waals surface area (Å²) in [7, 11) is -2.22. The number of carbonyl (C=O) groups excluding carboxylic acids is 1. The van der Waals surface area contributed by atoms with Crippen LogP contribution in [0.25, 0.3) is 0 Å². The molecule has 0 aromatic heterocycles. The molecule has 0 fully saturated rings. The molecule has 0 spiro atoms. The van der Waals surface area contributed by atoms with E-state index < -0.39 is 10.0 Å². The summed E-state index contributed by atoms with van der Waals surface area (Å²) in [6.07, 6.45) is 0. The molecule has 0 saturated heterocycles. The molecule has 22 heavy (non-hydrogen) atoms. The molecule has 0 saturated carbocycles. The van der Waals surface area contributed by atoms with Crippen LogP contribution in [0.4, 0.5) is 5.69 Å². The first-order valence-electron chi connectivity index (χ1n) is 6.21. The zero-order valence-electron chi connectivity index (χ0n) is 11.6. The number of benzene rings is 2. The molecule has 2 N–H and O–H groups in total. The Balaban J connectivity index is 2.28. The Morgan fingerprint density at radius 3 is 2.32 bits per heavy atom. The van der Waals surface area contributed by atoms with Crippen molar-refractivity contribution in [3.63, 3.8) is 0 Å². The monoisotopic (exact) mass is 354 g/mol. The summed E-state index contributed by atoms with van der Waals surface area (Å²) in [5.74, 6) is -0.342. The van der Waals surface area contributed by atoms with Crippen molar-refractivity contribution in [3.05, 3.63) is 48.0 Å². The summed E-state index contributed by atoms with van der Waals surface area (Å²) in [6.45, 7) is 0. The molecular formula is C14H14N2O3S3. The molecule has 0 heterocycles. The van der Waals surface area contributed by atoms with Crippen LogP contribution in [0, 0.1) is 0 Å². The molecule has 0 unspecified atom stereocenters. The lowest BCUT2D eigenvalue weighted by molar-refractivity contribution is 0.102. The van der Waals surface area contributed by atoms with Gasteiger partial charge in [-0.2, -0.15) is 0 Å². The second-order valence-corrected chi connectivity index (χ2v) is 7.21. The van der Waals surface area contributed by atoms with Crippen LogP contribution in [-0.2, 0) is 10.0 Å². The second kappa shape index (κ2) is 6.74. The highest BCUT2D eigenvalue weighted by Crippen LogP contribution is 2.25. The smallest absolute Gasteiger partial charge is 0.256 e. The minimum atomic E-state index is -3.55. The summed E-state index contributed by atoms with van der Waals surface area (Å²) >= 11 is 8.45. The molecule has 8 heteroatoms. The predicted molar refractivity (Wildman–Crippen MR) is 91.6 cm³/mol. The molecule has 0 aliphatic rings. The van der Waals surface area contributed by atoms with Crippen LogP contribution < -0.4 is 10.0 Å². The average Bonchev–Trinajstić information content (AvgIpc) is 2.49. The highest BCUT2D eigenvalue weighted by molar-refractivity contribution is 7.89. The van der Waals surface area contributed by atoms with Gasteiger partial charge in [-0.15, -0.1) is 25.3 Å². The third-order valence-corrected chi connectivity index (χ3v) is 5.12. The molecule has 0 atom stereocenters. The van der Waals surface area contributed by atoms with Crippen LogP contribution in [0.5, 0.6) is 0 Å². The maximum Gasteiger partial charge on any atom is 0.256 e. The van der Waals surface area contributed by atoms with Crippen molar-refractivity contribution >= 4 is 46.9 Å². The topological polar surface area (TPSA) is 75.3 Å². The van der Waals surface area contributed by atoms with Gasteiger partial charge in [0.2, 0.25) is 10.0 Å². The van der Waals surface area contributed by atoms with Gasteiger partial charge in [-0.1, -0.05) is 12.1 Å². The number of anilines is 1. The first kappa shape index (κ1) is 16.9. The number of amides is 1. The maximum absolute atomic E-state index is 12.2. The molecule has 0 aliphatic carbocycles. The van der Waals surface area contributed by atoms with E-state index in [9.17, 15) is 13.2 Å². The number of hydrogen-bond acceptors (Lipinski definition) is 5. The second-order valence-electron chi connectivity index (χ2n) is 4.36. The Labute approximate surface area is 140 Å². The van der Waals surface area contributed by atoms with E-state index in [1.807, 2.05) is 0 Å². The van der Waals surface area contributed by atoms with Crippen LogP contribution >= 0.6 is 25.3 Å². The normalized spacial score (nSPS) is 11.2. The fraction of sp³-hybridized carbons (Fsp3) is 0.0714. The molecule has 116 valence electrons. The molecule has 2 aromatic carbocycles. The van der Waals surface area contributed by atoms with Gasteiger partial charge in [0.05, 0.1) is 16.1 Å². The number of carbonyl (C=O) groups is 1. The number of sulfonamides is 1. The van der Waals surface area contributed by atoms with E-state index in [-0.39, 0.29) is 10.8 Å². The molecule has 0 radical (unpaired) electrons. The van der Waals surface area contributed by atoms with Gasteiger partial charge in [0.1, 0.15) is 0 Å². The Hall–Kier alpha value is -1.48. The van der Waals surface area contributed by atoms with Crippen molar-refractivity contribution in [2.24, 2.45) is 0 Å². The van der Waals surface area contributed by atoms with Gasteiger partial charge < -0.3 is 5.32 Å². The Bertz CT molecular complexity index is 820. The summed E-state index contributed by atoms with van der Waals surface area (Å²) in [5.41, 5.74) is 0.838. The number of hydrogen-bond donors (Lipinski definition) is 4. The molecule has 2 aromatic rings. The Kier molecular flexibility index (Phi) is 5.17. The van der Waals surface area contributed by atoms with Gasteiger partial charge >= 0.3 is 0 Å². The molecule has 2 rings (SSSR count). The van der Waals surface area contributed by atoms with E-state index in [0.29, 0.717) is 21.0 Å². The molecule has 0 aliphatic heterocycles. The van der Waals surface area contributed by atoms with Crippen molar-refractivity contribution < 1.29 is 13.2 Å². The van der Waals surface area contributed by atoms with E-state index in [4.69, 9.17) is 0 Å². The van der Waals surface area contributed by atoms with Crippen molar-refractivity contribution in [3.8, 4) is 0 Å². The quantitative estimate of drug-likeness (QED) is 0.637. The summed E-state index contributed by atoms with van der Waals surface area (Å²) in [5, 5.41) is 2.68. The van der Waals surface area contributed by atoms with Crippen molar-refractivity contribution in [2.45, 2.75) is 14.7 Å². The minimum Gasteiger partial charge on any atom is -0.321 e. The molecular weight excluding hydrogens is 340 g/mol. The Morgan fingerprint density at radius 1 is 1.05 bits per heavy atom. The lowest BCUT2D eigenvalue weighted by atomic mass is 10.2. The van der Waals surface area contributed by atoms with Gasteiger partial charge in [-0.25, -0.2) is 13.1 Å². The van der Waals surface area contributed by atoms with Crippen LogP contribution in [0.3, 0.4) is 0 Å². The fourth-order valence-electron chi connectivity index (χ4n) is 1.76. The Morgan fingerprint density at radius 2 is 1.73 bits per heavy atom. The first-order chi connectivity index (χ1) is 10.3. The van der Waals surface area contributed by atoms with Gasteiger partial charge in [-0.3, -0.25) is 4.79 Å². The highest BCUT2D eigenvalue weighted by Gasteiger charge is 2.15. The van der Waals surface area contributed by atoms with Crippen molar-refractivity contribution in [1.82, 2.24) is 4.72 Å². The van der Waals surface area contributed by atoms with Gasteiger partial charge in [0.25, 0.3) is 5.91 Å². The third kappa shape index (κ3) is 3.64. The summed E-state index contributed by atoms with van der Waals surface area (Å²) in [4.78, 5) is 13.2. The van der Waals surface area contributed by atoms with Gasteiger partial charge in [0.15, 0.2) is 0 Å².